The highest BCUT2D eigenvalue weighted by molar-refractivity contribution is 5.75. The molecule has 0 aliphatic heterocycles. The number of anilines is 1. The van der Waals surface area contributed by atoms with Gasteiger partial charge in [-0.05, 0) is 12.5 Å². The Hall–Kier alpha value is -1.85. The first-order chi connectivity index (χ1) is 7.63. The van der Waals surface area contributed by atoms with Crippen LogP contribution in [0.4, 0.5) is 5.82 Å². The fraction of sp³-hybridized carbons (Fsp3) is 0.500. The molecule has 0 spiro atoms. The third-order valence-corrected chi connectivity index (χ3v) is 2.03. The zero-order chi connectivity index (χ0) is 12.0. The van der Waals surface area contributed by atoms with Crippen LogP contribution in [-0.4, -0.2) is 22.2 Å². The average molecular weight is 224 g/mol. The van der Waals surface area contributed by atoms with Gasteiger partial charge in [-0.2, -0.15) is 5.10 Å². The lowest BCUT2D eigenvalue weighted by Gasteiger charge is -2.05. The van der Waals surface area contributed by atoms with Crippen molar-refractivity contribution in [2.45, 2.75) is 26.3 Å². The summed E-state index contributed by atoms with van der Waals surface area (Å²) in [7, 11) is 0. The Bertz CT molecular complexity index is 414. The molecule has 0 saturated heterocycles. The summed E-state index contributed by atoms with van der Waals surface area (Å²) in [5.74, 6) is -0.00499. The normalized spacial score (nSPS) is 10.1. The lowest BCUT2D eigenvalue weighted by atomic mass is 10.3. The van der Waals surface area contributed by atoms with Crippen molar-refractivity contribution in [2.75, 3.05) is 12.3 Å². The van der Waals surface area contributed by atoms with Crippen LogP contribution in [0.1, 0.15) is 19.8 Å². The highest BCUT2D eigenvalue weighted by atomic mass is 16.2. The molecule has 0 saturated carbocycles. The van der Waals surface area contributed by atoms with Crippen molar-refractivity contribution in [1.82, 2.24) is 15.1 Å². The molecule has 1 aromatic rings. The number of nitrogen functional groups attached to an aromatic ring is 1. The summed E-state index contributed by atoms with van der Waals surface area (Å²) in [5, 5.41) is 6.46. The van der Waals surface area contributed by atoms with Gasteiger partial charge in [0.1, 0.15) is 12.4 Å². The summed E-state index contributed by atoms with van der Waals surface area (Å²) in [6.07, 6.45) is 1.93. The van der Waals surface area contributed by atoms with Crippen molar-refractivity contribution >= 4 is 11.7 Å². The molecule has 0 aliphatic rings. The highest BCUT2D eigenvalue weighted by Gasteiger charge is 2.04. The molecule has 0 atom stereocenters. The van der Waals surface area contributed by atoms with Crippen LogP contribution in [0.5, 0.6) is 0 Å². The Kier molecular flexibility index (Phi) is 4.50. The number of nitrogens with two attached hydrogens (primary N) is 1. The number of amides is 1. The molecule has 0 unspecified atom stereocenters. The van der Waals surface area contributed by atoms with E-state index in [1.165, 1.54) is 12.1 Å². The van der Waals surface area contributed by atoms with Crippen molar-refractivity contribution in [1.29, 1.82) is 0 Å². The van der Waals surface area contributed by atoms with E-state index in [4.69, 9.17) is 5.73 Å². The predicted octanol–water partition coefficient (Wildman–Crippen LogP) is -0.258. The highest BCUT2D eigenvalue weighted by Crippen LogP contribution is 1.89. The van der Waals surface area contributed by atoms with Crippen molar-refractivity contribution in [2.24, 2.45) is 0 Å². The minimum Gasteiger partial charge on any atom is -0.382 e. The molecule has 16 heavy (non-hydrogen) atoms. The SMILES string of the molecule is CCCCNC(=O)Cn1nc(N)ccc1=O. The van der Waals surface area contributed by atoms with Gasteiger partial charge in [0.25, 0.3) is 5.56 Å². The molecule has 1 heterocycles. The first kappa shape index (κ1) is 12.2. The summed E-state index contributed by atoms with van der Waals surface area (Å²) in [4.78, 5) is 22.7. The topological polar surface area (TPSA) is 90.0 Å². The quantitative estimate of drug-likeness (QED) is 0.674. The standard InChI is InChI=1S/C10H16N4O2/c1-2-3-6-12-9(15)7-14-10(16)5-4-8(11)13-14/h4-5H,2-3,6-7H2,1H3,(H2,11,13)(H,12,15). The Morgan fingerprint density at radius 3 is 3.00 bits per heavy atom. The van der Waals surface area contributed by atoms with E-state index >= 15 is 0 Å². The van der Waals surface area contributed by atoms with Gasteiger partial charge in [0, 0.05) is 12.6 Å². The minimum atomic E-state index is -0.333. The number of nitrogens with zero attached hydrogens (tertiary/aromatic N) is 2. The number of carbonyl (C=O) groups is 1. The molecular formula is C10H16N4O2. The monoisotopic (exact) mass is 224 g/mol. The molecular weight excluding hydrogens is 208 g/mol. The zero-order valence-electron chi connectivity index (χ0n) is 9.27. The van der Waals surface area contributed by atoms with Crippen LogP contribution in [0.2, 0.25) is 0 Å². The molecule has 88 valence electrons. The average Bonchev–Trinajstić information content (AvgIpc) is 2.24. The van der Waals surface area contributed by atoms with Crippen molar-refractivity contribution in [3.05, 3.63) is 22.5 Å². The molecule has 1 amide bonds. The van der Waals surface area contributed by atoms with Crippen LogP contribution < -0.4 is 16.6 Å². The number of aromatic nitrogens is 2. The number of unbranched alkanes of at least 4 members (excludes halogenated alkanes) is 1. The molecule has 1 aromatic heterocycles. The maximum absolute atomic E-state index is 11.4. The first-order valence-corrected chi connectivity index (χ1v) is 5.24. The van der Waals surface area contributed by atoms with Crippen molar-refractivity contribution in [3.63, 3.8) is 0 Å². The van der Waals surface area contributed by atoms with Gasteiger partial charge >= 0.3 is 0 Å². The second-order valence-corrected chi connectivity index (χ2v) is 3.46. The van der Waals surface area contributed by atoms with E-state index in [1.54, 1.807) is 0 Å². The molecule has 0 bridgehead atoms. The van der Waals surface area contributed by atoms with E-state index in [2.05, 4.69) is 10.4 Å². The van der Waals surface area contributed by atoms with Gasteiger partial charge in [-0.1, -0.05) is 13.3 Å². The number of nitrogens with one attached hydrogen (secondary N) is 1. The molecule has 0 fully saturated rings. The van der Waals surface area contributed by atoms with Gasteiger partial charge in [0.2, 0.25) is 5.91 Å². The Morgan fingerprint density at radius 1 is 1.56 bits per heavy atom. The van der Waals surface area contributed by atoms with Crippen LogP contribution in [0.3, 0.4) is 0 Å². The number of rotatable bonds is 5. The molecule has 1 rings (SSSR count). The number of carbonyl (C=O) groups excluding carboxylic acids is 1. The summed E-state index contributed by atoms with van der Waals surface area (Å²) >= 11 is 0. The van der Waals surface area contributed by atoms with Gasteiger partial charge in [-0.3, -0.25) is 9.59 Å². The molecule has 0 aromatic carbocycles. The molecule has 0 aliphatic carbocycles. The Morgan fingerprint density at radius 2 is 2.31 bits per heavy atom. The summed E-state index contributed by atoms with van der Waals surface area (Å²) in [6.45, 7) is 2.57. The largest absolute Gasteiger partial charge is 0.382 e. The van der Waals surface area contributed by atoms with Gasteiger partial charge in [-0.25, -0.2) is 4.68 Å². The Labute approximate surface area is 93.5 Å². The first-order valence-electron chi connectivity index (χ1n) is 5.24. The van der Waals surface area contributed by atoms with Crippen LogP contribution >= 0.6 is 0 Å². The van der Waals surface area contributed by atoms with E-state index in [0.717, 1.165) is 17.5 Å². The smallest absolute Gasteiger partial charge is 0.267 e. The second kappa shape index (κ2) is 5.89. The van der Waals surface area contributed by atoms with E-state index in [0.29, 0.717) is 6.54 Å². The molecule has 6 heteroatoms. The van der Waals surface area contributed by atoms with Gasteiger partial charge in [-0.15, -0.1) is 0 Å². The van der Waals surface area contributed by atoms with Gasteiger partial charge < -0.3 is 11.1 Å². The summed E-state index contributed by atoms with van der Waals surface area (Å²) in [5.41, 5.74) is 5.09. The van der Waals surface area contributed by atoms with Crippen LogP contribution in [0.15, 0.2) is 16.9 Å². The van der Waals surface area contributed by atoms with Crippen molar-refractivity contribution in [3.8, 4) is 0 Å². The fourth-order valence-corrected chi connectivity index (χ4v) is 1.17. The lowest BCUT2D eigenvalue weighted by molar-refractivity contribution is -0.121. The zero-order valence-corrected chi connectivity index (χ0v) is 9.27. The van der Waals surface area contributed by atoms with Gasteiger partial charge in [0.15, 0.2) is 0 Å². The van der Waals surface area contributed by atoms with Crippen LogP contribution in [-0.2, 0) is 11.3 Å². The second-order valence-electron chi connectivity index (χ2n) is 3.46. The molecule has 6 nitrogen and oxygen atoms in total. The maximum Gasteiger partial charge on any atom is 0.267 e. The fourth-order valence-electron chi connectivity index (χ4n) is 1.17. The van der Waals surface area contributed by atoms with Crippen LogP contribution in [0.25, 0.3) is 0 Å². The minimum absolute atomic E-state index is 0.0897. The van der Waals surface area contributed by atoms with E-state index in [-0.39, 0.29) is 23.8 Å². The summed E-state index contributed by atoms with van der Waals surface area (Å²) in [6, 6.07) is 2.70. The third-order valence-electron chi connectivity index (χ3n) is 2.03. The van der Waals surface area contributed by atoms with Crippen molar-refractivity contribution < 1.29 is 4.79 Å². The van der Waals surface area contributed by atoms with Crippen LogP contribution in [0, 0.1) is 0 Å². The molecule has 3 N–H and O–H groups in total. The maximum atomic E-state index is 11.4. The number of hydrogen-bond acceptors (Lipinski definition) is 4. The third kappa shape index (κ3) is 3.72. The van der Waals surface area contributed by atoms with E-state index in [9.17, 15) is 9.59 Å². The van der Waals surface area contributed by atoms with Gasteiger partial charge in [0.05, 0.1) is 0 Å². The Balaban J connectivity index is 2.56. The lowest BCUT2D eigenvalue weighted by Crippen LogP contribution is -2.34. The summed E-state index contributed by atoms with van der Waals surface area (Å²) < 4.78 is 1.05. The predicted molar refractivity (Wildman–Crippen MR) is 60.8 cm³/mol. The van der Waals surface area contributed by atoms with E-state index < -0.39 is 0 Å². The van der Waals surface area contributed by atoms with E-state index in [1.807, 2.05) is 6.92 Å². The number of hydrogen-bond donors (Lipinski definition) is 2. The molecule has 0 radical (unpaired) electrons.